The van der Waals surface area contributed by atoms with Gasteiger partial charge in [-0.3, -0.25) is 0 Å². The van der Waals surface area contributed by atoms with Crippen LogP contribution in [0.15, 0.2) is 18.3 Å². The molecule has 1 aliphatic rings. The van der Waals surface area contributed by atoms with Crippen molar-refractivity contribution in [2.45, 2.75) is 25.9 Å². The van der Waals surface area contributed by atoms with E-state index in [1.54, 1.807) is 17.9 Å². The van der Waals surface area contributed by atoms with Crippen LogP contribution in [0.2, 0.25) is 0 Å². The molecule has 116 valence electrons. The van der Waals surface area contributed by atoms with Crippen LogP contribution in [0.3, 0.4) is 0 Å². The van der Waals surface area contributed by atoms with Crippen LogP contribution in [0, 0.1) is 5.92 Å². The molecule has 21 heavy (non-hydrogen) atoms. The number of hydrogen-bond donors (Lipinski definition) is 0. The van der Waals surface area contributed by atoms with Gasteiger partial charge in [0.1, 0.15) is 5.82 Å². The van der Waals surface area contributed by atoms with Crippen molar-refractivity contribution in [3.05, 3.63) is 23.9 Å². The van der Waals surface area contributed by atoms with E-state index in [2.05, 4.69) is 4.98 Å². The Balaban J connectivity index is 2.06. The van der Waals surface area contributed by atoms with E-state index in [0.29, 0.717) is 24.3 Å². The Bertz CT molecular complexity index is 488. The molecule has 7 heteroatoms. The largest absolute Gasteiger partial charge is 0.462 e. The van der Waals surface area contributed by atoms with Gasteiger partial charge in [0.2, 0.25) is 0 Å². The number of ether oxygens (including phenoxy) is 1. The Morgan fingerprint density at radius 3 is 2.81 bits per heavy atom. The maximum absolute atomic E-state index is 12.8. The first-order chi connectivity index (χ1) is 9.91. The van der Waals surface area contributed by atoms with Crippen LogP contribution in [0.4, 0.5) is 19.0 Å². The SMILES string of the molecule is CCOC(=O)c1ccc(N2CCC[C@@H](C(F)(F)F)C2)nc1. The summed E-state index contributed by atoms with van der Waals surface area (Å²) in [5.41, 5.74) is 0.296. The van der Waals surface area contributed by atoms with Crippen LogP contribution < -0.4 is 4.90 Å². The molecule has 2 rings (SSSR count). The molecule has 0 N–H and O–H groups in total. The number of pyridine rings is 1. The third kappa shape index (κ3) is 3.86. The van der Waals surface area contributed by atoms with Gasteiger partial charge < -0.3 is 9.64 Å². The number of nitrogens with zero attached hydrogens (tertiary/aromatic N) is 2. The lowest BCUT2D eigenvalue weighted by Crippen LogP contribution is -2.42. The standard InChI is InChI=1S/C14H17F3N2O2/c1-2-21-13(20)10-5-6-12(18-8-10)19-7-3-4-11(9-19)14(15,16)17/h5-6,8,11H,2-4,7,9H2,1H3/t11-/m1/s1. The number of carbonyl (C=O) groups excluding carboxylic acids is 1. The van der Waals surface area contributed by atoms with Crippen LogP contribution in [-0.4, -0.2) is 36.8 Å². The van der Waals surface area contributed by atoms with E-state index in [-0.39, 0.29) is 19.6 Å². The van der Waals surface area contributed by atoms with Gasteiger partial charge in [0.05, 0.1) is 18.1 Å². The summed E-state index contributed by atoms with van der Waals surface area (Å²) in [4.78, 5) is 17.2. The molecule has 0 unspecified atom stereocenters. The number of alkyl halides is 3. The molecule has 0 aliphatic carbocycles. The zero-order chi connectivity index (χ0) is 15.5. The minimum atomic E-state index is -4.18. The van der Waals surface area contributed by atoms with Crippen molar-refractivity contribution in [3.8, 4) is 0 Å². The lowest BCUT2D eigenvalue weighted by Gasteiger charge is -2.34. The summed E-state index contributed by atoms with van der Waals surface area (Å²) in [5.74, 6) is -1.35. The van der Waals surface area contributed by atoms with Gasteiger partial charge in [0.15, 0.2) is 0 Å². The highest BCUT2D eigenvalue weighted by Crippen LogP contribution is 2.34. The number of carbonyl (C=O) groups is 1. The van der Waals surface area contributed by atoms with Crippen LogP contribution >= 0.6 is 0 Å². The molecule has 1 fully saturated rings. The third-order valence-corrected chi connectivity index (χ3v) is 3.47. The highest BCUT2D eigenvalue weighted by Gasteiger charge is 2.42. The van der Waals surface area contributed by atoms with Crippen molar-refractivity contribution in [1.82, 2.24) is 4.98 Å². The summed E-state index contributed by atoms with van der Waals surface area (Å²) in [6, 6.07) is 3.09. The monoisotopic (exact) mass is 302 g/mol. The van der Waals surface area contributed by atoms with Gasteiger partial charge >= 0.3 is 12.1 Å². The maximum atomic E-state index is 12.8. The Morgan fingerprint density at radius 1 is 1.48 bits per heavy atom. The van der Waals surface area contributed by atoms with Crippen molar-refractivity contribution in [2.24, 2.45) is 5.92 Å². The molecule has 0 amide bonds. The second-order valence-corrected chi connectivity index (χ2v) is 4.95. The first-order valence-corrected chi connectivity index (χ1v) is 6.86. The van der Waals surface area contributed by atoms with Gasteiger partial charge in [-0.15, -0.1) is 0 Å². The molecular weight excluding hydrogens is 285 g/mol. The molecule has 0 bridgehead atoms. The van der Waals surface area contributed by atoms with E-state index < -0.39 is 18.1 Å². The van der Waals surface area contributed by atoms with E-state index in [1.807, 2.05) is 0 Å². The molecule has 1 aromatic rings. The van der Waals surface area contributed by atoms with Crippen molar-refractivity contribution >= 4 is 11.8 Å². The molecule has 1 aliphatic heterocycles. The van der Waals surface area contributed by atoms with Crippen LogP contribution in [0.1, 0.15) is 30.1 Å². The lowest BCUT2D eigenvalue weighted by molar-refractivity contribution is -0.176. The number of aromatic nitrogens is 1. The molecule has 0 spiro atoms. The molecule has 1 saturated heterocycles. The number of hydrogen-bond acceptors (Lipinski definition) is 4. The first-order valence-electron chi connectivity index (χ1n) is 6.86. The molecule has 0 aromatic carbocycles. The maximum Gasteiger partial charge on any atom is 0.393 e. The lowest BCUT2D eigenvalue weighted by atomic mass is 9.97. The van der Waals surface area contributed by atoms with Crippen LogP contribution in [0.5, 0.6) is 0 Å². The first kappa shape index (κ1) is 15.6. The fourth-order valence-electron chi connectivity index (χ4n) is 2.36. The van der Waals surface area contributed by atoms with Gasteiger partial charge in [-0.05, 0) is 31.9 Å². The number of anilines is 1. The predicted octanol–water partition coefficient (Wildman–Crippen LogP) is 3.04. The summed E-state index contributed by atoms with van der Waals surface area (Å²) in [5, 5.41) is 0. The van der Waals surface area contributed by atoms with Gasteiger partial charge in [0.25, 0.3) is 0 Å². The molecular formula is C14H17F3N2O2. The van der Waals surface area contributed by atoms with Crippen molar-refractivity contribution < 1.29 is 22.7 Å². The Labute approximate surface area is 120 Å². The molecule has 2 heterocycles. The average molecular weight is 302 g/mol. The third-order valence-electron chi connectivity index (χ3n) is 3.47. The molecule has 4 nitrogen and oxygen atoms in total. The van der Waals surface area contributed by atoms with E-state index >= 15 is 0 Å². The van der Waals surface area contributed by atoms with Gasteiger partial charge in [-0.2, -0.15) is 13.2 Å². The van der Waals surface area contributed by atoms with Gasteiger partial charge in [-0.25, -0.2) is 9.78 Å². The van der Waals surface area contributed by atoms with Crippen molar-refractivity contribution in [2.75, 3.05) is 24.6 Å². The van der Waals surface area contributed by atoms with E-state index in [9.17, 15) is 18.0 Å². The predicted molar refractivity (Wildman–Crippen MR) is 71.2 cm³/mol. The number of halogens is 3. The zero-order valence-corrected chi connectivity index (χ0v) is 11.7. The summed E-state index contributed by atoms with van der Waals surface area (Å²) < 4.78 is 43.2. The highest BCUT2D eigenvalue weighted by atomic mass is 19.4. The fourth-order valence-corrected chi connectivity index (χ4v) is 2.36. The smallest absolute Gasteiger partial charge is 0.393 e. The quantitative estimate of drug-likeness (QED) is 0.805. The normalized spacial score (nSPS) is 19.4. The molecule has 1 aromatic heterocycles. The topological polar surface area (TPSA) is 42.4 Å². The number of esters is 1. The summed E-state index contributed by atoms with van der Waals surface area (Å²) in [6.07, 6.45) is -2.21. The van der Waals surface area contributed by atoms with Crippen molar-refractivity contribution in [1.29, 1.82) is 0 Å². The van der Waals surface area contributed by atoms with Crippen LogP contribution in [0.25, 0.3) is 0 Å². The van der Waals surface area contributed by atoms with E-state index in [1.165, 1.54) is 12.3 Å². The highest BCUT2D eigenvalue weighted by molar-refractivity contribution is 5.89. The number of rotatable bonds is 3. The average Bonchev–Trinajstić information content (AvgIpc) is 2.47. The second kappa shape index (κ2) is 6.32. The Kier molecular flexibility index (Phi) is 4.69. The number of piperidine rings is 1. The molecule has 1 atom stereocenters. The molecule has 0 saturated carbocycles. The Morgan fingerprint density at radius 2 is 2.24 bits per heavy atom. The van der Waals surface area contributed by atoms with E-state index in [0.717, 1.165) is 0 Å². The summed E-state index contributed by atoms with van der Waals surface area (Å²) in [7, 11) is 0. The van der Waals surface area contributed by atoms with Crippen molar-refractivity contribution in [3.63, 3.8) is 0 Å². The minimum Gasteiger partial charge on any atom is -0.462 e. The summed E-state index contributed by atoms with van der Waals surface area (Å²) >= 11 is 0. The van der Waals surface area contributed by atoms with Crippen LogP contribution in [-0.2, 0) is 4.74 Å². The van der Waals surface area contributed by atoms with E-state index in [4.69, 9.17) is 4.74 Å². The zero-order valence-electron chi connectivity index (χ0n) is 11.7. The molecule has 0 radical (unpaired) electrons. The minimum absolute atomic E-state index is 0.0880. The fraction of sp³-hybridized carbons (Fsp3) is 0.571. The van der Waals surface area contributed by atoms with Gasteiger partial charge in [-0.1, -0.05) is 0 Å². The Hall–Kier alpha value is -1.79. The van der Waals surface area contributed by atoms with Gasteiger partial charge in [0, 0.05) is 19.3 Å². The summed E-state index contributed by atoms with van der Waals surface area (Å²) in [6.45, 7) is 2.41. The second-order valence-electron chi connectivity index (χ2n) is 4.95.